The largest absolute Gasteiger partial charge is 0.360 e. The summed E-state index contributed by atoms with van der Waals surface area (Å²) in [4.78, 5) is 20.0. The molecule has 4 rings (SSSR count). The zero-order valence-corrected chi connectivity index (χ0v) is 20.3. The quantitative estimate of drug-likeness (QED) is 0.292. The van der Waals surface area contributed by atoms with E-state index in [9.17, 15) is 4.79 Å². The lowest BCUT2D eigenvalue weighted by Gasteiger charge is -2.18. The number of thiazole rings is 1. The van der Waals surface area contributed by atoms with Gasteiger partial charge >= 0.3 is 0 Å². The highest BCUT2D eigenvalue weighted by Crippen LogP contribution is 2.33. The molecule has 3 heterocycles. The van der Waals surface area contributed by atoms with Crippen LogP contribution in [0.3, 0.4) is 0 Å². The number of carbonyl (C=O) groups excluding carboxylic acids is 1. The summed E-state index contributed by atoms with van der Waals surface area (Å²) in [7, 11) is 0. The third-order valence-corrected chi connectivity index (χ3v) is 8.14. The summed E-state index contributed by atoms with van der Waals surface area (Å²) < 4.78 is 0.898. The molecular weight excluding hydrogens is 467 g/mol. The molecule has 0 saturated heterocycles. The van der Waals surface area contributed by atoms with Crippen molar-refractivity contribution in [3.63, 3.8) is 0 Å². The molecule has 1 aromatic carbocycles. The Labute approximate surface area is 197 Å². The smallest absolute Gasteiger partial charge is 0.230 e. The van der Waals surface area contributed by atoms with Gasteiger partial charge in [0.15, 0.2) is 9.47 Å². The molecule has 0 aliphatic heterocycles. The maximum absolute atomic E-state index is 12.3. The molecule has 0 spiro atoms. The minimum Gasteiger partial charge on any atom is -0.360 e. The molecule has 0 atom stereocenters. The number of thioether (sulfide) groups is 1. The SMILES string of the molecule is CC(=O)N(c1cccc(C)c1)c1nc(CSc2nnc(NCCc3cccs3)s2)cs1. The molecule has 6 nitrogen and oxygen atoms in total. The van der Waals surface area contributed by atoms with Gasteiger partial charge in [-0.15, -0.1) is 32.9 Å². The summed E-state index contributed by atoms with van der Waals surface area (Å²) in [5.41, 5.74) is 2.86. The van der Waals surface area contributed by atoms with Crippen LogP contribution in [0.2, 0.25) is 0 Å². The first-order chi connectivity index (χ1) is 15.1. The second-order valence-corrected chi connectivity index (χ2v) is 10.8. The number of nitrogens with zero attached hydrogens (tertiary/aromatic N) is 4. The molecule has 0 aliphatic carbocycles. The Bertz CT molecular complexity index is 1140. The van der Waals surface area contributed by atoms with E-state index in [0.717, 1.165) is 39.4 Å². The van der Waals surface area contributed by atoms with Crippen LogP contribution >= 0.6 is 45.8 Å². The third-order valence-electron chi connectivity index (χ3n) is 4.28. The number of thiophene rings is 1. The van der Waals surface area contributed by atoms with Crippen molar-refractivity contribution in [2.45, 2.75) is 30.4 Å². The van der Waals surface area contributed by atoms with Gasteiger partial charge in [-0.25, -0.2) is 4.98 Å². The topological polar surface area (TPSA) is 71.0 Å². The van der Waals surface area contributed by atoms with Crippen molar-refractivity contribution in [2.24, 2.45) is 0 Å². The zero-order chi connectivity index (χ0) is 21.6. The molecule has 4 aromatic rings. The van der Waals surface area contributed by atoms with E-state index in [2.05, 4.69) is 38.0 Å². The molecule has 1 N–H and O–H groups in total. The van der Waals surface area contributed by atoms with Crippen molar-refractivity contribution in [3.8, 4) is 0 Å². The Morgan fingerprint density at radius 2 is 2.10 bits per heavy atom. The first kappa shape index (κ1) is 21.9. The number of anilines is 3. The normalized spacial score (nSPS) is 10.9. The first-order valence-corrected chi connectivity index (χ1v) is 13.2. The van der Waals surface area contributed by atoms with Gasteiger partial charge < -0.3 is 5.32 Å². The molecular formula is C21H21N5OS4. The van der Waals surface area contributed by atoms with Gasteiger partial charge in [0, 0.05) is 29.5 Å². The Hall–Kier alpha value is -2.27. The van der Waals surface area contributed by atoms with E-state index in [1.807, 2.05) is 36.6 Å². The van der Waals surface area contributed by atoms with Crippen molar-refractivity contribution in [2.75, 3.05) is 16.8 Å². The fourth-order valence-electron chi connectivity index (χ4n) is 2.88. The van der Waals surface area contributed by atoms with Crippen molar-refractivity contribution in [1.29, 1.82) is 0 Å². The average Bonchev–Trinajstić information content (AvgIpc) is 3.49. The number of rotatable bonds is 9. The van der Waals surface area contributed by atoms with E-state index in [-0.39, 0.29) is 5.91 Å². The predicted octanol–water partition coefficient (Wildman–Crippen LogP) is 6.00. The molecule has 160 valence electrons. The van der Waals surface area contributed by atoms with Gasteiger partial charge in [0.2, 0.25) is 11.0 Å². The van der Waals surface area contributed by atoms with E-state index in [1.54, 1.807) is 46.3 Å². The van der Waals surface area contributed by atoms with E-state index < -0.39 is 0 Å². The molecule has 0 aliphatic rings. The Morgan fingerprint density at radius 1 is 1.19 bits per heavy atom. The summed E-state index contributed by atoms with van der Waals surface area (Å²) in [5.74, 6) is 0.626. The lowest BCUT2D eigenvalue weighted by atomic mass is 10.2. The second-order valence-electron chi connectivity index (χ2n) is 6.73. The van der Waals surface area contributed by atoms with E-state index in [0.29, 0.717) is 10.9 Å². The highest BCUT2D eigenvalue weighted by molar-refractivity contribution is 8.00. The maximum atomic E-state index is 12.3. The molecule has 0 unspecified atom stereocenters. The second kappa shape index (κ2) is 10.4. The van der Waals surface area contributed by atoms with Crippen LogP contribution in [-0.2, 0) is 17.0 Å². The minimum atomic E-state index is -0.0541. The van der Waals surface area contributed by atoms with E-state index >= 15 is 0 Å². The van der Waals surface area contributed by atoms with Crippen molar-refractivity contribution in [1.82, 2.24) is 15.2 Å². The molecule has 0 fully saturated rings. The molecule has 0 bridgehead atoms. The molecule has 3 aromatic heterocycles. The number of aromatic nitrogens is 3. The summed E-state index contributed by atoms with van der Waals surface area (Å²) in [6.07, 6.45) is 0.981. The van der Waals surface area contributed by atoms with E-state index in [4.69, 9.17) is 0 Å². The van der Waals surface area contributed by atoms with Gasteiger partial charge in [-0.3, -0.25) is 9.69 Å². The Balaban J connectivity index is 1.33. The Morgan fingerprint density at radius 3 is 2.87 bits per heavy atom. The van der Waals surface area contributed by atoms with Crippen molar-refractivity contribution < 1.29 is 4.79 Å². The standard InChI is InChI=1S/C21H21N5OS4/c1-14-5-3-6-17(11-14)26(15(2)27)20-23-16(12-29-20)13-30-21-25-24-19(31-21)22-9-8-18-7-4-10-28-18/h3-7,10-12H,8-9,13H2,1-2H3,(H,22,24). The number of aryl methyl sites for hydroxylation is 1. The summed E-state index contributed by atoms with van der Waals surface area (Å²) >= 11 is 6.39. The molecule has 10 heteroatoms. The maximum Gasteiger partial charge on any atom is 0.230 e. The Kier molecular flexibility index (Phi) is 7.33. The van der Waals surface area contributed by atoms with Crippen molar-refractivity contribution in [3.05, 3.63) is 63.3 Å². The van der Waals surface area contributed by atoms with Crippen LogP contribution < -0.4 is 10.2 Å². The van der Waals surface area contributed by atoms with Gasteiger partial charge in [0.25, 0.3) is 0 Å². The van der Waals surface area contributed by atoms with Gasteiger partial charge in [0.1, 0.15) is 0 Å². The van der Waals surface area contributed by atoms with Crippen LogP contribution in [0.4, 0.5) is 16.0 Å². The van der Waals surface area contributed by atoms with Crippen LogP contribution in [0.25, 0.3) is 0 Å². The van der Waals surface area contributed by atoms with Gasteiger partial charge in [0.05, 0.1) is 11.4 Å². The van der Waals surface area contributed by atoms with Crippen LogP contribution in [0, 0.1) is 6.92 Å². The van der Waals surface area contributed by atoms with Crippen LogP contribution in [0.5, 0.6) is 0 Å². The fourth-order valence-corrected chi connectivity index (χ4v) is 6.25. The lowest BCUT2D eigenvalue weighted by molar-refractivity contribution is -0.115. The molecule has 31 heavy (non-hydrogen) atoms. The number of hydrogen-bond acceptors (Lipinski definition) is 9. The zero-order valence-electron chi connectivity index (χ0n) is 17.1. The highest BCUT2D eigenvalue weighted by atomic mass is 32.2. The number of carbonyl (C=O) groups is 1. The highest BCUT2D eigenvalue weighted by Gasteiger charge is 2.18. The average molecular weight is 488 g/mol. The summed E-state index contributed by atoms with van der Waals surface area (Å²) in [6.45, 7) is 4.42. The first-order valence-electron chi connectivity index (χ1n) is 9.63. The third kappa shape index (κ3) is 5.91. The van der Waals surface area contributed by atoms with Crippen molar-refractivity contribution >= 4 is 67.6 Å². The predicted molar refractivity (Wildman–Crippen MR) is 132 cm³/mol. The van der Waals surface area contributed by atoms with E-state index in [1.165, 1.54) is 16.2 Å². The van der Waals surface area contributed by atoms with Gasteiger partial charge in [-0.2, -0.15) is 0 Å². The van der Waals surface area contributed by atoms with Gasteiger partial charge in [-0.05, 0) is 42.5 Å². The van der Waals surface area contributed by atoms with Crippen LogP contribution in [-0.4, -0.2) is 27.6 Å². The fraction of sp³-hybridized carbons (Fsp3) is 0.238. The summed E-state index contributed by atoms with van der Waals surface area (Å²) in [5, 5.41) is 17.4. The monoisotopic (exact) mass is 487 g/mol. The van der Waals surface area contributed by atoms with Crippen LogP contribution in [0.15, 0.2) is 51.5 Å². The van der Waals surface area contributed by atoms with Crippen LogP contribution in [0.1, 0.15) is 23.1 Å². The number of nitrogens with one attached hydrogen (secondary N) is 1. The molecule has 0 radical (unpaired) electrons. The number of amides is 1. The summed E-state index contributed by atoms with van der Waals surface area (Å²) in [6, 6.07) is 12.1. The molecule has 0 saturated carbocycles. The lowest BCUT2D eigenvalue weighted by Crippen LogP contribution is -2.22. The minimum absolute atomic E-state index is 0.0541. The number of benzene rings is 1. The van der Waals surface area contributed by atoms with Gasteiger partial charge in [-0.1, -0.05) is 41.3 Å². The number of hydrogen-bond donors (Lipinski definition) is 1. The molecule has 1 amide bonds.